The summed E-state index contributed by atoms with van der Waals surface area (Å²) in [6, 6.07) is 8.06. The van der Waals surface area contributed by atoms with Crippen LogP contribution in [0.25, 0.3) is 0 Å². The Kier molecular flexibility index (Phi) is 4.35. The number of hydrogen-bond donors (Lipinski definition) is 0. The molecule has 2 aromatic rings. The van der Waals surface area contributed by atoms with E-state index in [4.69, 9.17) is 16.3 Å². The Labute approximate surface area is 119 Å². The first-order chi connectivity index (χ1) is 9.52. The number of halogens is 3. The summed E-state index contributed by atoms with van der Waals surface area (Å²) in [5.41, 5.74) is 0.366. The van der Waals surface area contributed by atoms with Crippen molar-refractivity contribution in [3.63, 3.8) is 0 Å². The highest BCUT2D eigenvalue weighted by atomic mass is 35.5. The number of hydrogen-bond acceptors (Lipinski definition) is 2. The molecule has 2 aromatic carbocycles. The van der Waals surface area contributed by atoms with Crippen LogP contribution in [0.15, 0.2) is 36.4 Å². The zero-order valence-electron chi connectivity index (χ0n) is 10.6. The van der Waals surface area contributed by atoms with Gasteiger partial charge in [0.15, 0.2) is 17.3 Å². The van der Waals surface area contributed by atoms with Crippen LogP contribution in [0, 0.1) is 11.6 Å². The summed E-state index contributed by atoms with van der Waals surface area (Å²) in [6.45, 7) is 0. The van der Waals surface area contributed by atoms with Crippen LogP contribution in [0.2, 0.25) is 5.02 Å². The summed E-state index contributed by atoms with van der Waals surface area (Å²) in [6.07, 6.45) is -0.108. The van der Waals surface area contributed by atoms with Crippen LogP contribution in [0.1, 0.15) is 15.9 Å². The van der Waals surface area contributed by atoms with E-state index in [1.807, 2.05) is 0 Å². The first kappa shape index (κ1) is 14.5. The number of ketones is 1. The molecule has 0 aliphatic rings. The van der Waals surface area contributed by atoms with Crippen molar-refractivity contribution in [3.8, 4) is 5.75 Å². The average Bonchev–Trinajstić information content (AvgIpc) is 2.42. The molecule has 0 aliphatic carbocycles. The van der Waals surface area contributed by atoms with Gasteiger partial charge in [-0.3, -0.25) is 4.79 Å². The predicted octanol–water partition coefficient (Wildman–Crippen LogP) is 4.05. The molecule has 0 fully saturated rings. The molecule has 5 heteroatoms. The van der Waals surface area contributed by atoms with Crippen LogP contribution < -0.4 is 4.74 Å². The van der Waals surface area contributed by atoms with Gasteiger partial charge in [-0.05, 0) is 29.8 Å². The molecule has 2 rings (SSSR count). The Bertz CT molecular complexity index is 656. The SMILES string of the molecule is COc1cccc(C(=O)Cc2ccc(F)cc2Cl)c1F. The van der Waals surface area contributed by atoms with Gasteiger partial charge in [0.25, 0.3) is 0 Å². The van der Waals surface area contributed by atoms with Crippen molar-refractivity contribution >= 4 is 17.4 Å². The molecule has 0 saturated heterocycles. The summed E-state index contributed by atoms with van der Waals surface area (Å²) in [5.74, 6) is -1.65. The fraction of sp³-hybridized carbons (Fsp3) is 0.133. The fourth-order valence-electron chi connectivity index (χ4n) is 1.82. The first-order valence-electron chi connectivity index (χ1n) is 5.82. The van der Waals surface area contributed by atoms with Crippen LogP contribution in [-0.4, -0.2) is 12.9 Å². The van der Waals surface area contributed by atoms with Crippen molar-refractivity contribution in [2.75, 3.05) is 7.11 Å². The minimum absolute atomic E-state index is 0.000975. The molecule has 0 saturated carbocycles. The molecular weight excluding hydrogens is 286 g/mol. The fourth-order valence-corrected chi connectivity index (χ4v) is 2.05. The topological polar surface area (TPSA) is 26.3 Å². The maximum atomic E-state index is 14.0. The normalized spacial score (nSPS) is 10.4. The molecule has 0 heterocycles. The lowest BCUT2D eigenvalue weighted by Gasteiger charge is -2.07. The number of carbonyl (C=O) groups excluding carboxylic acids is 1. The molecule has 0 atom stereocenters. The second-order valence-electron chi connectivity index (χ2n) is 4.16. The van der Waals surface area contributed by atoms with Gasteiger partial charge in [0, 0.05) is 11.4 Å². The van der Waals surface area contributed by atoms with E-state index in [0.717, 1.165) is 6.07 Å². The maximum absolute atomic E-state index is 14.0. The van der Waals surface area contributed by atoms with Gasteiger partial charge in [0.05, 0.1) is 12.7 Å². The van der Waals surface area contributed by atoms with E-state index in [0.29, 0.717) is 5.56 Å². The van der Waals surface area contributed by atoms with Gasteiger partial charge < -0.3 is 4.74 Å². The zero-order chi connectivity index (χ0) is 14.7. The molecule has 20 heavy (non-hydrogen) atoms. The van der Waals surface area contributed by atoms with Crippen molar-refractivity contribution < 1.29 is 18.3 Å². The Morgan fingerprint density at radius 3 is 2.65 bits per heavy atom. The van der Waals surface area contributed by atoms with E-state index in [2.05, 4.69) is 0 Å². The lowest BCUT2D eigenvalue weighted by atomic mass is 10.0. The lowest BCUT2D eigenvalue weighted by molar-refractivity contribution is 0.0988. The molecule has 104 valence electrons. The minimum Gasteiger partial charge on any atom is -0.494 e. The van der Waals surface area contributed by atoms with Gasteiger partial charge in [0.1, 0.15) is 5.82 Å². The predicted molar refractivity (Wildman–Crippen MR) is 72.4 cm³/mol. The average molecular weight is 297 g/mol. The highest BCUT2D eigenvalue weighted by molar-refractivity contribution is 6.31. The van der Waals surface area contributed by atoms with Crippen molar-refractivity contribution in [3.05, 3.63) is 64.2 Å². The van der Waals surface area contributed by atoms with E-state index in [9.17, 15) is 13.6 Å². The van der Waals surface area contributed by atoms with E-state index >= 15 is 0 Å². The summed E-state index contributed by atoms with van der Waals surface area (Å²) in [5, 5.41) is 0.140. The quantitative estimate of drug-likeness (QED) is 0.796. The van der Waals surface area contributed by atoms with Crippen molar-refractivity contribution in [1.82, 2.24) is 0 Å². The highest BCUT2D eigenvalue weighted by Crippen LogP contribution is 2.23. The number of benzene rings is 2. The molecule has 0 radical (unpaired) electrons. The maximum Gasteiger partial charge on any atom is 0.175 e. The van der Waals surface area contributed by atoms with Gasteiger partial charge in [-0.2, -0.15) is 0 Å². The van der Waals surface area contributed by atoms with Gasteiger partial charge >= 0.3 is 0 Å². The monoisotopic (exact) mass is 296 g/mol. The number of carbonyl (C=O) groups is 1. The van der Waals surface area contributed by atoms with Crippen LogP contribution >= 0.6 is 11.6 Å². The standard InChI is InChI=1S/C15H11ClF2O2/c1-20-14-4-2-3-11(15(14)18)13(19)7-9-5-6-10(17)8-12(9)16/h2-6,8H,7H2,1H3. The number of Topliss-reactive ketones (excluding diaryl/α,β-unsaturated/α-hetero) is 1. The summed E-state index contributed by atoms with van der Waals surface area (Å²) >= 11 is 5.85. The van der Waals surface area contributed by atoms with Crippen LogP contribution in [0.3, 0.4) is 0 Å². The number of rotatable bonds is 4. The molecule has 0 aliphatic heterocycles. The summed E-state index contributed by atoms with van der Waals surface area (Å²) in [7, 11) is 1.32. The third-order valence-corrected chi connectivity index (χ3v) is 3.20. The Hall–Kier alpha value is -1.94. The van der Waals surface area contributed by atoms with Gasteiger partial charge in [0.2, 0.25) is 0 Å². The van der Waals surface area contributed by atoms with E-state index in [1.165, 1.54) is 37.4 Å². The van der Waals surface area contributed by atoms with E-state index in [-0.39, 0.29) is 22.8 Å². The van der Waals surface area contributed by atoms with Crippen molar-refractivity contribution in [1.29, 1.82) is 0 Å². The first-order valence-corrected chi connectivity index (χ1v) is 6.20. The number of methoxy groups -OCH3 is 1. The minimum atomic E-state index is -0.710. The third kappa shape index (κ3) is 2.96. The Morgan fingerprint density at radius 1 is 1.25 bits per heavy atom. The van der Waals surface area contributed by atoms with Crippen LogP contribution in [0.5, 0.6) is 5.75 Å². The summed E-state index contributed by atoms with van der Waals surface area (Å²) < 4.78 is 31.7. The smallest absolute Gasteiger partial charge is 0.175 e. The second kappa shape index (κ2) is 6.01. The van der Waals surface area contributed by atoms with Gasteiger partial charge in [-0.25, -0.2) is 8.78 Å². The van der Waals surface area contributed by atoms with Gasteiger partial charge in [-0.1, -0.05) is 23.7 Å². The second-order valence-corrected chi connectivity index (χ2v) is 4.56. The molecule has 0 N–H and O–H groups in total. The van der Waals surface area contributed by atoms with E-state index < -0.39 is 17.4 Å². The number of ether oxygens (including phenoxy) is 1. The van der Waals surface area contributed by atoms with Crippen molar-refractivity contribution in [2.24, 2.45) is 0 Å². The lowest BCUT2D eigenvalue weighted by Crippen LogP contribution is -2.07. The molecule has 0 aromatic heterocycles. The third-order valence-electron chi connectivity index (χ3n) is 2.85. The van der Waals surface area contributed by atoms with E-state index in [1.54, 1.807) is 0 Å². The molecule has 0 amide bonds. The van der Waals surface area contributed by atoms with Crippen LogP contribution in [-0.2, 0) is 6.42 Å². The zero-order valence-corrected chi connectivity index (χ0v) is 11.4. The summed E-state index contributed by atoms with van der Waals surface area (Å²) in [4.78, 5) is 12.1. The Balaban J connectivity index is 2.28. The molecular formula is C15H11ClF2O2. The van der Waals surface area contributed by atoms with Crippen molar-refractivity contribution in [2.45, 2.75) is 6.42 Å². The molecule has 0 bridgehead atoms. The molecule has 0 spiro atoms. The molecule has 0 unspecified atom stereocenters. The Morgan fingerprint density at radius 2 is 2.00 bits per heavy atom. The van der Waals surface area contributed by atoms with Gasteiger partial charge in [-0.15, -0.1) is 0 Å². The van der Waals surface area contributed by atoms with Crippen LogP contribution in [0.4, 0.5) is 8.78 Å². The largest absolute Gasteiger partial charge is 0.494 e. The molecule has 2 nitrogen and oxygen atoms in total. The highest BCUT2D eigenvalue weighted by Gasteiger charge is 2.17.